The van der Waals surface area contributed by atoms with Crippen LogP contribution in [-0.4, -0.2) is 26.6 Å². The Kier molecular flexibility index (Phi) is 3.22. The summed E-state index contributed by atoms with van der Waals surface area (Å²) in [5.41, 5.74) is 3.50. The van der Waals surface area contributed by atoms with Gasteiger partial charge in [-0.2, -0.15) is 0 Å². The lowest BCUT2D eigenvalue weighted by atomic mass is 10.0. The van der Waals surface area contributed by atoms with Crippen molar-refractivity contribution in [3.05, 3.63) is 53.6 Å². The molecule has 0 radical (unpaired) electrons. The van der Waals surface area contributed by atoms with E-state index in [0.717, 1.165) is 10.8 Å². The van der Waals surface area contributed by atoms with Gasteiger partial charge in [0.1, 0.15) is 0 Å². The number of thiocarbonyl (C=S) groups is 1. The molecule has 1 N–H and O–H groups in total. The SMILES string of the molecule is Cc1ccc([C@@H]2[C@H](c3ccccn3)NC(=S)N2C)n1C. The summed E-state index contributed by atoms with van der Waals surface area (Å²) < 4.78 is 2.22. The highest BCUT2D eigenvalue weighted by Crippen LogP contribution is 2.37. The van der Waals surface area contributed by atoms with E-state index in [4.69, 9.17) is 12.2 Å². The summed E-state index contributed by atoms with van der Waals surface area (Å²) in [5.74, 6) is 0. The largest absolute Gasteiger partial charge is 0.352 e. The number of aromatic nitrogens is 2. The zero-order valence-corrected chi connectivity index (χ0v) is 12.7. The topological polar surface area (TPSA) is 33.1 Å². The van der Waals surface area contributed by atoms with Crippen LogP contribution < -0.4 is 5.32 Å². The summed E-state index contributed by atoms with van der Waals surface area (Å²) in [6.07, 6.45) is 1.83. The molecule has 0 saturated carbocycles. The van der Waals surface area contributed by atoms with E-state index in [9.17, 15) is 0 Å². The molecule has 0 bridgehead atoms. The van der Waals surface area contributed by atoms with E-state index in [1.165, 1.54) is 11.4 Å². The summed E-state index contributed by atoms with van der Waals surface area (Å²) in [5, 5.41) is 4.15. The molecule has 1 aliphatic rings. The molecule has 3 rings (SSSR count). The second kappa shape index (κ2) is 4.90. The fourth-order valence-corrected chi connectivity index (χ4v) is 3.00. The van der Waals surface area contributed by atoms with E-state index in [1.807, 2.05) is 31.4 Å². The van der Waals surface area contributed by atoms with Crippen LogP contribution in [0.2, 0.25) is 0 Å². The van der Waals surface area contributed by atoms with Gasteiger partial charge in [0.15, 0.2) is 5.11 Å². The van der Waals surface area contributed by atoms with Crippen molar-refractivity contribution in [3.63, 3.8) is 0 Å². The van der Waals surface area contributed by atoms with Gasteiger partial charge in [0.05, 0.1) is 17.8 Å². The van der Waals surface area contributed by atoms with Crippen LogP contribution in [-0.2, 0) is 7.05 Å². The van der Waals surface area contributed by atoms with Crippen LogP contribution in [0.15, 0.2) is 36.5 Å². The first-order chi connectivity index (χ1) is 9.59. The van der Waals surface area contributed by atoms with E-state index in [0.29, 0.717) is 0 Å². The van der Waals surface area contributed by atoms with Crippen molar-refractivity contribution < 1.29 is 0 Å². The Morgan fingerprint density at radius 1 is 1.20 bits per heavy atom. The lowest BCUT2D eigenvalue weighted by molar-refractivity contribution is 0.352. The van der Waals surface area contributed by atoms with Gasteiger partial charge < -0.3 is 14.8 Å². The number of rotatable bonds is 2. The first kappa shape index (κ1) is 13.1. The molecule has 2 aromatic rings. The third kappa shape index (κ3) is 1.98. The van der Waals surface area contributed by atoms with Gasteiger partial charge in [0, 0.05) is 31.7 Å². The Bertz CT molecular complexity index is 635. The lowest BCUT2D eigenvalue weighted by Gasteiger charge is -2.25. The number of nitrogens with one attached hydrogen (secondary N) is 1. The van der Waals surface area contributed by atoms with Crippen molar-refractivity contribution in [2.45, 2.75) is 19.0 Å². The van der Waals surface area contributed by atoms with Gasteiger partial charge in [0.2, 0.25) is 0 Å². The van der Waals surface area contributed by atoms with Crippen LogP contribution in [0.5, 0.6) is 0 Å². The Hall–Kier alpha value is -1.88. The van der Waals surface area contributed by atoms with Crippen LogP contribution >= 0.6 is 12.2 Å². The van der Waals surface area contributed by atoms with E-state index >= 15 is 0 Å². The maximum atomic E-state index is 5.42. The van der Waals surface area contributed by atoms with Crippen LogP contribution in [0.25, 0.3) is 0 Å². The minimum absolute atomic E-state index is 0.0849. The quantitative estimate of drug-likeness (QED) is 0.859. The molecule has 0 aromatic carbocycles. The highest BCUT2D eigenvalue weighted by molar-refractivity contribution is 7.80. The minimum atomic E-state index is 0.0849. The summed E-state index contributed by atoms with van der Waals surface area (Å²) in [6.45, 7) is 2.11. The molecule has 20 heavy (non-hydrogen) atoms. The second-order valence-electron chi connectivity index (χ2n) is 5.20. The number of pyridine rings is 1. The summed E-state index contributed by atoms with van der Waals surface area (Å²) >= 11 is 5.42. The molecular weight excluding hydrogens is 268 g/mol. The third-order valence-electron chi connectivity index (χ3n) is 4.05. The highest BCUT2D eigenvalue weighted by atomic mass is 32.1. The normalized spacial score (nSPS) is 22.1. The van der Waals surface area contributed by atoms with Crippen LogP contribution in [0.3, 0.4) is 0 Å². The number of hydrogen-bond donors (Lipinski definition) is 1. The molecular formula is C15H18N4S. The fraction of sp³-hybridized carbons (Fsp3) is 0.333. The highest BCUT2D eigenvalue weighted by Gasteiger charge is 2.38. The second-order valence-corrected chi connectivity index (χ2v) is 5.58. The van der Waals surface area contributed by atoms with E-state index in [2.05, 4.69) is 45.9 Å². The van der Waals surface area contributed by atoms with Gasteiger partial charge in [-0.1, -0.05) is 6.07 Å². The third-order valence-corrected chi connectivity index (χ3v) is 4.46. The predicted octanol–water partition coefficient (Wildman–Crippen LogP) is 2.33. The van der Waals surface area contributed by atoms with Crippen LogP contribution in [0, 0.1) is 6.92 Å². The Morgan fingerprint density at radius 2 is 2.00 bits per heavy atom. The average Bonchev–Trinajstić information content (AvgIpc) is 2.93. The molecule has 0 aliphatic carbocycles. The molecule has 1 aliphatic heterocycles. The van der Waals surface area contributed by atoms with Crippen LogP contribution in [0.4, 0.5) is 0 Å². The van der Waals surface area contributed by atoms with E-state index in [1.54, 1.807) is 0 Å². The monoisotopic (exact) mass is 286 g/mol. The molecule has 104 valence electrons. The van der Waals surface area contributed by atoms with Crippen molar-refractivity contribution >= 4 is 17.3 Å². The van der Waals surface area contributed by atoms with Crippen molar-refractivity contribution in [2.24, 2.45) is 7.05 Å². The molecule has 3 heterocycles. The summed E-state index contributed by atoms with van der Waals surface area (Å²) in [7, 11) is 4.13. The number of likely N-dealkylation sites (N-methyl/N-ethyl adjacent to an activating group) is 1. The first-order valence-corrected chi connectivity index (χ1v) is 7.07. The molecule has 1 saturated heterocycles. The average molecular weight is 286 g/mol. The molecule has 5 heteroatoms. The first-order valence-electron chi connectivity index (χ1n) is 6.66. The number of nitrogens with zero attached hydrogens (tertiary/aromatic N) is 3. The Labute approximate surface area is 124 Å². The van der Waals surface area contributed by atoms with Gasteiger partial charge in [0.25, 0.3) is 0 Å². The molecule has 0 amide bonds. The molecule has 0 spiro atoms. The molecule has 2 aromatic heterocycles. The van der Waals surface area contributed by atoms with E-state index < -0.39 is 0 Å². The zero-order valence-electron chi connectivity index (χ0n) is 11.9. The van der Waals surface area contributed by atoms with Gasteiger partial charge in [-0.15, -0.1) is 0 Å². The van der Waals surface area contributed by atoms with Gasteiger partial charge in [-0.25, -0.2) is 0 Å². The van der Waals surface area contributed by atoms with Gasteiger partial charge in [-0.05, 0) is 43.4 Å². The predicted molar refractivity (Wildman–Crippen MR) is 83.4 cm³/mol. The molecule has 4 nitrogen and oxygen atoms in total. The smallest absolute Gasteiger partial charge is 0.169 e. The maximum Gasteiger partial charge on any atom is 0.169 e. The number of aryl methyl sites for hydroxylation is 1. The molecule has 1 fully saturated rings. The Balaban J connectivity index is 2.05. The summed E-state index contributed by atoms with van der Waals surface area (Å²) in [6, 6.07) is 10.5. The van der Waals surface area contributed by atoms with Gasteiger partial charge >= 0.3 is 0 Å². The number of hydrogen-bond acceptors (Lipinski definition) is 2. The van der Waals surface area contributed by atoms with Crippen molar-refractivity contribution in [3.8, 4) is 0 Å². The maximum absolute atomic E-state index is 5.42. The molecule has 0 unspecified atom stereocenters. The lowest BCUT2D eigenvalue weighted by Crippen LogP contribution is -2.25. The summed E-state index contributed by atoms with van der Waals surface area (Å²) in [4.78, 5) is 6.60. The van der Waals surface area contributed by atoms with Crippen molar-refractivity contribution in [1.82, 2.24) is 19.8 Å². The zero-order chi connectivity index (χ0) is 14.3. The standard InChI is InChI=1S/C15H18N4S/c1-10-7-8-12(18(10)2)14-13(17-15(20)19(14)3)11-6-4-5-9-16-11/h4-9,13-14H,1-3H3,(H,17,20)/t13-,14+/m0/s1. The molecule has 2 atom stereocenters. The van der Waals surface area contributed by atoms with Crippen LogP contribution in [0.1, 0.15) is 29.2 Å². The minimum Gasteiger partial charge on any atom is -0.352 e. The fourth-order valence-electron chi connectivity index (χ4n) is 2.76. The van der Waals surface area contributed by atoms with Crippen molar-refractivity contribution in [1.29, 1.82) is 0 Å². The van der Waals surface area contributed by atoms with Crippen molar-refractivity contribution in [2.75, 3.05) is 7.05 Å². The van der Waals surface area contributed by atoms with Gasteiger partial charge in [-0.3, -0.25) is 4.98 Å². The van der Waals surface area contributed by atoms with E-state index in [-0.39, 0.29) is 12.1 Å². The Morgan fingerprint density at radius 3 is 2.60 bits per heavy atom.